The van der Waals surface area contributed by atoms with E-state index in [2.05, 4.69) is 52.4 Å². The van der Waals surface area contributed by atoms with Gasteiger partial charge in [0.25, 0.3) is 0 Å². The summed E-state index contributed by atoms with van der Waals surface area (Å²) in [5.41, 5.74) is 3.47. The summed E-state index contributed by atoms with van der Waals surface area (Å²) >= 11 is 0. The molecule has 4 aromatic carbocycles. The molecule has 34 heavy (non-hydrogen) atoms. The number of ether oxygens (including phenoxy) is 1. The summed E-state index contributed by atoms with van der Waals surface area (Å²) in [7, 11) is 0. The molecule has 0 spiro atoms. The van der Waals surface area contributed by atoms with E-state index >= 15 is 0 Å². The average Bonchev–Trinajstić information content (AvgIpc) is 2.89. The minimum Gasteiger partial charge on any atom is -0.496 e. The number of hydrogen-bond donors (Lipinski definition) is 0. The summed E-state index contributed by atoms with van der Waals surface area (Å²) in [4.78, 5) is 9.11. The minimum absolute atomic E-state index is 0. The van der Waals surface area contributed by atoms with Crippen molar-refractivity contribution >= 4 is 21.5 Å². The molecule has 0 unspecified atom stereocenters. The molecule has 2 aromatic heterocycles. The van der Waals surface area contributed by atoms with Crippen molar-refractivity contribution < 1.29 is 25.8 Å². The maximum Gasteiger partial charge on any atom is 2.00 e. The quantitative estimate of drug-likeness (QED) is 0.192. The Hall–Kier alpha value is -3.81. The van der Waals surface area contributed by atoms with E-state index < -0.39 is 0 Å². The summed E-state index contributed by atoms with van der Waals surface area (Å²) in [5, 5.41) is 4.31. The van der Waals surface area contributed by atoms with E-state index in [0.717, 1.165) is 44.1 Å². The molecule has 0 aliphatic carbocycles. The molecule has 2 heterocycles. The molecule has 0 N–H and O–H groups in total. The van der Waals surface area contributed by atoms with Crippen molar-refractivity contribution in [2.75, 3.05) is 0 Å². The van der Waals surface area contributed by atoms with Crippen LogP contribution in [0.2, 0.25) is 0 Å². The predicted octanol–water partition coefficient (Wildman–Crippen LogP) is 7.51. The van der Waals surface area contributed by atoms with E-state index in [9.17, 15) is 0 Å². The van der Waals surface area contributed by atoms with Gasteiger partial charge in [0.05, 0.1) is 5.75 Å². The van der Waals surface area contributed by atoms with Crippen LogP contribution in [0.4, 0.5) is 0 Å². The molecule has 6 aromatic rings. The molecule has 3 nitrogen and oxygen atoms in total. The van der Waals surface area contributed by atoms with E-state index in [1.165, 1.54) is 0 Å². The predicted molar refractivity (Wildman–Crippen MR) is 132 cm³/mol. The molecule has 6 rings (SSSR count). The van der Waals surface area contributed by atoms with Gasteiger partial charge in [-0.05, 0) is 28.2 Å². The van der Waals surface area contributed by atoms with Crippen LogP contribution in [0.5, 0.6) is 11.5 Å². The first-order valence-corrected chi connectivity index (χ1v) is 10.8. The zero-order valence-corrected chi connectivity index (χ0v) is 20.3. The Bertz CT molecular complexity index is 1600. The van der Waals surface area contributed by atoms with Crippen molar-refractivity contribution in [2.24, 2.45) is 0 Å². The van der Waals surface area contributed by atoms with Crippen LogP contribution < -0.4 is 4.74 Å². The Morgan fingerprint density at radius 3 is 2.24 bits per heavy atom. The standard InChI is InChI=1S/C30H18N2O.Pt/c1-2-10-24-20-32-29(18-21(24)8-1)23-11-7-12-26(17-23)33-30-19-25(28-14-5-6-15-31-28)16-22-9-3-4-13-27(22)30;/h1-16,18,20H;/q-2;+2. The van der Waals surface area contributed by atoms with Crippen LogP contribution in [-0.2, 0) is 21.1 Å². The molecule has 0 fully saturated rings. The average molecular weight is 618 g/mol. The zero-order valence-electron chi connectivity index (χ0n) is 18.0. The van der Waals surface area contributed by atoms with Gasteiger partial charge in [-0.15, -0.1) is 35.4 Å². The second-order valence-corrected chi connectivity index (χ2v) is 7.76. The molecular formula is C30H18N2OPt. The fourth-order valence-electron chi connectivity index (χ4n) is 3.95. The normalized spacial score (nSPS) is 10.7. The van der Waals surface area contributed by atoms with Gasteiger partial charge < -0.3 is 14.7 Å². The largest absolute Gasteiger partial charge is 2.00 e. The van der Waals surface area contributed by atoms with Gasteiger partial charge in [-0.25, -0.2) is 0 Å². The van der Waals surface area contributed by atoms with Crippen molar-refractivity contribution in [1.29, 1.82) is 0 Å². The topological polar surface area (TPSA) is 35.0 Å². The number of pyridine rings is 2. The van der Waals surface area contributed by atoms with E-state index in [1.807, 2.05) is 72.9 Å². The molecule has 0 aliphatic rings. The smallest absolute Gasteiger partial charge is 0.496 e. The molecule has 164 valence electrons. The van der Waals surface area contributed by atoms with Gasteiger partial charge in [-0.2, -0.15) is 0 Å². The number of rotatable bonds is 4. The van der Waals surface area contributed by atoms with Gasteiger partial charge in [-0.1, -0.05) is 89.6 Å². The molecule has 0 aliphatic heterocycles. The molecule has 0 amide bonds. The first kappa shape index (κ1) is 22.0. The molecule has 0 atom stereocenters. The number of hydrogen-bond acceptors (Lipinski definition) is 3. The van der Waals surface area contributed by atoms with Crippen LogP contribution >= 0.6 is 0 Å². The van der Waals surface area contributed by atoms with Gasteiger partial charge in [0.1, 0.15) is 0 Å². The van der Waals surface area contributed by atoms with Crippen molar-refractivity contribution in [1.82, 2.24) is 9.97 Å². The van der Waals surface area contributed by atoms with Gasteiger partial charge >= 0.3 is 21.1 Å². The Kier molecular flexibility index (Phi) is 6.20. The Labute approximate surface area is 212 Å². The first-order valence-electron chi connectivity index (χ1n) is 10.8. The maximum atomic E-state index is 6.34. The third-order valence-corrected chi connectivity index (χ3v) is 5.58. The Morgan fingerprint density at radius 2 is 1.38 bits per heavy atom. The second-order valence-electron chi connectivity index (χ2n) is 7.76. The van der Waals surface area contributed by atoms with E-state index in [-0.39, 0.29) is 21.1 Å². The fourth-order valence-corrected chi connectivity index (χ4v) is 3.95. The third-order valence-electron chi connectivity index (χ3n) is 5.58. The summed E-state index contributed by atoms with van der Waals surface area (Å²) in [6.45, 7) is 0. The van der Waals surface area contributed by atoms with Crippen molar-refractivity contribution in [2.45, 2.75) is 0 Å². The van der Waals surface area contributed by atoms with E-state index in [1.54, 1.807) is 6.20 Å². The Balaban J connectivity index is 0.00000241. The van der Waals surface area contributed by atoms with E-state index in [4.69, 9.17) is 4.74 Å². The first-order chi connectivity index (χ1) is 16.3. The zero-order chi connectivity index (χ0) is 22.0. The van der Waals surface area contributed by atoms with E-state index in [0.29, 0.717) is 11.5 Å². The van der Waals surface area contributed by atoms with Crippen molar-refractivity contribution in [3.63, 3.8) is 0 Å². The summed E-state index contributed by atoms with van der Waals surface area (Å²) < 4.78 is 6.34. The number of fused-ring (bicyclic) bond motifs is 2. The van der Waals surface area contributed by atoms with Gasteiger partial charge in [0.2, 0.25) is 0 Å². The third kappa shape index (κ3) is 4.35. The fraction of sp³-hybridized carbons (Fsp3) is 0. The van der Waals surface area contributed by atoms with Crippen molar-refractivity contribution in [3.05, 3.63) is 122 Å². The van der Waals surface area contributed by atoms with Crippen LogP contribution in [-0.4, -0.2) is 9.97 Å². The molecule has 4 heteroatoms. The molecule has 0 bridgehead atoms. The SMILES string of the molecule is [Pt+2].[c-]1c(Oc2[c-]c(-c3ccccn3)cc3ccccc23)cccc1-c1cc2ccccc2cn1. The maximum absolute atomic E-state index is 6.34. The molecule has 0 saturated carbocycles. The van der Waals surface area contributed by atoms with Crippen LogP contribution in [0.1, 0.15) is 0 Å². The molecular weight excluding hydrogens is 599 g/mol. The number of nitrogens with zero attached hydrogens (tertiary/aromatic N) is 2. The monoisotopic (exact) mass is 617 g/mol. The minimum atomic E-state index is 0. The molecule has 0 saturated heterocycles. The van der Waals surface area contributed by atoms with Crippen LogP contribution in [0.25, 0.3) is 44.1 Å². The summed E-state index contributed by atoms with van der Waals surface area (Å²) in [5.74, 6) is 1.26. The molecule has 0 radical (unpaired) electrons. The Morgan fingerprint density at radius 1 is 0.588 bits per heavy atom. The summed E-state index contributed by atoms with van der Waals surface area (Å²) in [6.07, 6.45) is 3.68. The number of aromatic nitrogens is 2. The van der Waals surface area contributed by atoms with Gasteiger partial charge in [0, 0.05) is 18.1 Å². The van der Waals surface area contributed by atoms with Crippen LogP contribution in [0.3, 0.4) is 0 Å². The summed E-state index contributed by atoms with van der Waals surface area (Å²) in [6, 6.07) is 39.0. The second kappa shape index (κ2) is 9.59. The van der Waals surface area contributed by atoms with Gasteiger partial charge in [0.15, 0.2) is 0 Å². The number of benzene rings is 4. The van der Waals surface area contributed by atoms with Crippen LogP contribution in [0.15, 0.2) is 109 Å². The van der Waals surface area contributed by atoms with Crippen molar-refractivity contribution in [3.8, 4) is 34.0 Å². The van der Waals surface area contributed by atoms with Gasteiger partial charge in [-0.3, -0.25) is 0 Å². The van der Waals surface area contributed by atoms with Crippen LogP contribution in [0, 0.1) is 12.1 Å².